The number of pyridine rings is 1. The van der Waals surface area contributed by atoms with Crippen LogP contribution in [0.25, 0.3) is 10.9 Å². The number of carbonyl (C=O) groups is 1. The van der Waals surface area contributed by atoms with Crippen LogP contribution in [0, 0.1) is 6.92 Å². The highest BCUT2D eigenvalue weighted by Gasteiger charge is 2.27. The Morgan fingerprint density at radius 3 is 2.47 bits per heavy atom. The van der Waals surface area contributed by atoms with Crippen molar-refractivity contribution < 1.29 is 13.2 Å². The predicted molar refractivity (Wildman–Crippen MR) is 126 cm³/mol. The highest BCUT2D eigenvalue weighted by Crippen LogP contribution is 2.21. The molecule has 4 rings (SSSR count). The van der Waals surface area contributed by atoms with Crippen LogP contribution in [0.5, 0.6) is 0 Å². The van der Waals surface area contributed by atoms with Crippen molar-refractivity contribution in [2.45, 2.75) is 24.3 Å². The Kier molecular flexibility index (Phi) is 6.30. The third-order valence-electron chi connectivity index (χ3n) is 5.07. The van der Waals surface area contributed by atoms with Crippen LogP contribution in [0.4, 0.5) is 5.69 Å². The van der Waals surface area contributed by atoms with Gasteiger partial charge >= 0.3 is 0 Å². The Bertz CT molecular complexity index is 1350. The second-order valence-corrected chi connectivity index (χ2v) is 9.24. The average Bonchev–Trinajstić information content (AvgIpc) is 2.79. The molecular weight excluding hydrogens is 422 g/mol. The SMILES string of the molecule is Cc1cccc(NC(=O)[C@@H](Cc2ccccc2)NS(=O)(=O)c2cccc3cccnc23)c1. The summed E-state index contributed by atoms with van der Waals surface area (Å²) in [5, 5.41) is 3.54. The molecule has 0 radical (unpaired) electrons. The number of amides is 1. The molecule has 4 aromatic rings. The van der Waals surface area contributed by atoms with Gasteiger partial charge in [-0.25, -0.2) is 8.42 Å². The molecule has 0 unspecified atom stereocenters. The van der Waals surface area contributed by atoms with Crippen LogP contribution >= 0.6 is 0 Å². The summed E-state index contributed by atoms with van der Waals surface area (Å²) in [4.78, 5) is 17.4. The van der Waals surface area contributed by atoms with Crippen molar-refractivity contribution >= 4 is 32.5 Å². The number of sulfonamides is 1. The fraction of sp³-hybridized carbons (Fsp3) is 0.120. The van der Waals surface area contributed by atoms with Crippen molar-refractivity contribution in [1.82, 2.24) is 9.71 Å². The second-order valence-electron chi connectivity index (χ2n) is 7.55. The van der Waals surface area contributed by atoms with Gasteiger partial charge in [0.25, 0.3) is 0 Å². The van der Waals surface area contributed by atoms with Crippen LogP contribution in [0.15, 0.2) is 96.0 Å². The zero-order valence-electron chi connectivity index (χ0n) is 17.5. The van der Waals surface area contributed by atoms with E-state index >= 15 is 0 Å². The van der Waals surface area contributed by atoms with Crippen LogP contribution in [-0.4, -0.2) is 25.4 Å². The fourth-order valence-corrected chi connectivity index (χ4v) is 4.91. The molecule has 1 aromatic heterocycles. The number of hydrogen-bond donors (Lipinski definition) is 2. The van der Waals surface area contributed by atoms with E-state index in [0.717, 1.165) is 11.1 Å². The Morgan fingerprint density at radius 2 is 1.69 bits per heavy atom. The maximum Gasteiger partial charge on any atom is 0.243 e. The number of aromatic nitrogens is 1. The van der Waals surface area contributed by atoms with Crippen molar-refractivity contribution in [3.63, 3.8) is 0 Å². The molecule has 1 amide bonds. The number of anilines is 1. The van der Waals surface area contributed by atoms with Gasteiger partial charge in [0, 0.05) is 17.3 Å². The lowest BCUT2D eigenvalue weighted by Crippen LogP contribution is -2.45. The Morgan fingerprint density at radius 1 is 0.938 bits per heavy atom. The molecule has 0 aliphatic carbocycles. The molecule has 0 aliphatic rings. The number of para-hydroxylation sites is 1. The van der Waals surface area contributed by atoms with E-state index in [4.69, 9.17) is 0 Å². The molecular formula is C25H23N3O3S. The topological polar surface area (TPSA) is 88.2 Å². The van der Waals surface area contributed by atoms with Crippen LogP contribution in [-0.2, 0) is 21.2 Å². The van der Waals surface area contributed by atoms with Gasteiger partial charge in [-0.15, -0.1) is 0 Å². The summed E-state index contributed by atoms with van der Waals surface area (Å²) in [6, 6.07) is 24.2. The van der Waals surface area contributed by atoms with E-state index in [1.807, 2.05) is 55.5 Å². The summed E-state index contributed by atoms with van der Waals surface area (Å²) in [5.74, 6) is -0.434. The molecule has 0 fully saturated rings. The summed E-state index contributed by atoms with van der Waals surface area (Å²) in [6.45, 7) is 1.92. The van der Waals surface area contributed by atoms with E-state index in [1.165, 1.54) is 6.07 Å². The van der Waals surface area contributed by atoms with Crippen molar-refractivity contribution in [2.75, 3.05) is 5.32 Å². The van der Waals surface area contributed by atoms with Crippen LogP contribution in [0.2, 0.25) is 0 Å². The largest absolute Gasteiger partial charge is 0.325 e. The summed E-state index contributed by atoms with van der Waals surface area (Å²) in [6.07, 6.45) is 1.75. The van der Waals surface area contributed by atoms with Gasteiger partial charge in [0.1, 0.15) is 10.9 Å². The number of nitrogens with zero attached hydrogens (tertiary/aromatic N) is 1. The zero-order chi connectivity index (χ0) is 22.6. The molecule has 2 N–H and O–H groups in total. The first-order valence-electron chi connectivity index (χ1n) is 10.2. The molecule has 7 heteroatoms. The molecule has 0 saturated heterocycles. The Hall–Kier alpha value is -3.55. The molecule has 0 spiro atoms. The standard InChI is InChI=1S/C25H23N3O3S/c1-18-8-5-13-21(16-18)27-25(29)22(17-19-9-3-2-4-10-19)28-32(30,31)23-14-6-11-20-12-7-15-26-24(20)23/h2-16,22,28H,17H2,1H3,(H,27,29)/t22-/m1/s1. The number of carbonyl (C=O) groups excluding carboxylic acids is 1. The van der Waals surface area contributed by atoms with E-state index in [2.05, 4.69) is 15.0 Å². The number of fused-ring (bicyclic) bond motifs is 1. The smallest absolute Gasteiger partial charge is 0.243 e. The molecule has 0 bridgehead atoms. The van der Waals surface area contributed by atoms with Gasteiger partial charge in [-0.05, 0) is 48.7 Å². The summed E-state index contributed by atoms with van der Waals surface area (Å²) >= 11 is 0. The van der Waals surface area contributed by atoms with Gasteiger partial charge in [0.05, 0.1) is 5.52 Å². The average molecular weight is 446 g/mol. The molecule has 0 saturated carbocycles. The lowest BCUT2D eigenvalue weighted by atomic mass is 10.1. The molecule has 3 aromatic carbocycles. The number of aryl methyl sites for hydroxylation is 1. The lowest BCUT2D eigenvalue weighted by Gasteiger charge is -2.19. The van der Waals surface area contributed by atoms with Gasteiger partial charge in [0.2, 0.25) is 15.9 Å². The zero-order valence-corrected chi connectivity index (χ0v) is 18.3. The number of benzene rings is 3. The minimum absolute atomic E-state index is 0.0389. The number of nitrogens with one attached hydrogen (secondary N) is 2. The highest BCUT2D eigenvalue weighted by molar-refractivity contribution is 7.89. The molecule has 32 heavy (non-hydrogen) atoms. The Labute approximate surface area is 187 Å². The Balaban J connectivity index is 1.66. The summed E-state index contributed by atoms with van der Waals surface area (Å²) < 4.78 is 29.3. The second kappa shape index (κ2) is 9.30. The fourth-order valence-electron chi connectivity index (χ4n) is 3.53. The van der Waals surface area contributed by atoms with Gasteiger partial charge in [-0.2, -0.15) is 4.72 Å². The van der Waals surface area contributed by atoms with E-state index in [-0.39, 0.29) is 11.3 Å². The van der Waals surface area contributed by atoms with Crippen LogP contribution in [0.3, 0.4) is 0 Å². The first-order chi connectivity index (χ1) is 15.4. The third-order valence-corrected chi connectivity index (χ3v) is 6.57. The first-order valence-corrected chi connectivity index (χ1v) is 11.7. The molecule has 162 valence electrons. The first kappa shape index (κ1) is 21.7. The predicted octanol–water partition coefficient (Wildman–Crippen LogP) is 4.07. The summed E-state index contributed by atoms with van der Waals surface area (Å²) in [5.41, 5.74) is 2.81. The molecule has 1 atom stereocenters. The minimum atomic E-state index is -4.02. The van der Waals surface area contributed by atoms with Gasteiger partial charge < -0.3 is 5.32 Å². The lowest BCUT2D eigenvalue weighted by molar-refractivity contribution is -0.117. The van der Waals surface area contributed by atoms with E-state index in [9.17, 15) is 13.2 Å². The number of rotatable bonds is 7. The van der Waals surface area contributed by atoms with Crippen molar-refractivity contribution in [2.24, 2.45) is 0 Å². The van der Waals surface area contributed by atoms with Crippen molar-refractivity contribution in [1.29, 1.82) is 0 Å². The van der Waals surface area contributed by atoms with E-state index < -0.39 is 22.0 Å². The maximum atomic E-state index is 13.3. The molecule has 1 heterocycles. The monoisotopic (exact) mass is 445 g/mol. The van der Waals surface area contributed by atoms with Gasteiger partial charge in [0.15, 0.2) is 0 Å². The number of hydrogen-bond acceptors (Lipinski definition) is 4. The van der Waals surface area contributed by atoms with Crippen molar-refractivity contribution in [3.05, 3.63) is 102 Å². The maximum absolute atomic E-state index is 13.3. The van der Waals surface area contributed by atoms with Crippen LogP contribution < -0.4 is 10.0 Å². The van der Waals surface area contributed by atoms with Crippen molar-refractivity contribution in [3.8, 4) is 0 Å². The third kappa shape index (κ3) is 5.01. The van der Waals surface area contributed by atoms with Crippen LogP contribution in [0.1, 0.15) is 11.1 Å². The molecule has 6 nitrogen and oxygen atoms in total. The van der Waals surface area contributed by atoms with E-state index in [0.29, 0.717) is 16.6 Å². The van der Waals surface area contributed by atoms with Gasteiger partial charge in [-0.3, -0.25) is 9.78 Å². The van der Waals surface area contributed by atoms with E-state index in [1.54, 1.807) is 36.5 Å². The molecule has 0 aliphatic heterocycles. The summed E-state index contributed by atoms with van der Waals surface area (Å²) in [7, 11) is -4.02. The normalized spacial score (nSPS) is 12.4. The highest BCUT2D eigenvalue weighted by atomic mass is 32.2. The minimum Gasteiger partial charge on any atom is -0.325 e. The quantitative estimate of drug-likeness (QED) is 0.449. The van der Waals surface area contributed by atoms with Gasteiger partial charge in [-0.1, -0.05) is 60.7 Å².